The molecule has 1 atom stereocenters. The maximum absolute atomic E-state index is 12.2. The molecule has 1 aliphatic rings. The molecule has 0 aromatic rings. The molecule has 1 heterocycles. The van der Waals surface area contributed by atoms with Crippen LogP contribution in [0.4, 0.5) is 0 Å². The largest absolute Gasteiger partial charge is 0.380 e. The molecule has 0 amide bonds. The Balaban J connectivity index is 2.76. The van der Waals surface area contributed by atoms with Crippen molar-refractivity contribution in [3.8, 4) is 0 Å². The standard InChI is InChI=1S/C11H24N2O3S/c1-3-11(4-2,9-12)13-17(14,15)10-6-5-7-16-8-10/h10,13H,3-9,12H2,1-2H3. The Labute approximate surface area is 104 Å². The maximum Gasteiger partial charge on any atom is 0.217 e. The molecule has 1 saturated heterocycles. The number of rotatable bonds is 6. The minimum absolute atomic E-state index is 0.295. The number of ether oxygens (including phenoxy) is 1. The summed E-state index contributed by atoms with van der Waals surface area (Å²) in [5.74, 6) is 0. The van der Waals surface area contributed by atoms with Gasteiger partial charge in [-0.15, -0.1) is 0 Å². The van der Waals surface area contributed by atoms with Crippen LogP contribution in [0.25, 0.3) is 0 Å². The van der Waals surface area contributed by atoms with Crippen molar-refractivity contribution < 1.29 is 13.2 Å². The Hall–Kier alpha value is -0.170. The van der Waals surface area contributed by atoms with Crippen molar-refractivity contribution in [3.05, 3.63) is 0 Å². The quantitative estimate of drug-likeness (QED) is 0.736. The average Bonchev–Trinajstić information content (AvgIpc) is 2.37. The molecule has 1 unspecified atom stereocenters. The van der Waals surface area contributed by atoms with Gasteiger partial charge < -0.3 is 10.5 Å². The average molecular weight is 264 g/mol. The van der Waals surface area contributed by atoms with Gasteiger partial charge in [0.05, 0.1) is 11.9 Å². The third-order valence-corrected chi connectivity index (χ3v) is 5.63. The summed E-state index contributed by atoms with van der Waals surface area (Å²) in [4.78, 5) is 0. The van der Waals surface area contributed by atoms with Gasteiger partial charge in [0.2, 0.25) is 10.0 Å². The van der Waals surface area contributed by atoms with Gasteiger partial charge in [0, 0.05) is 18.7 Å². The van der Waals surface area contributed by atoms with E-state index in [0.29, 0.717) is 39.0 Å². The summed E-state index contributed by atoms with van der Waals surface area (Å²) in [6.45, 7) is 5.19. The van der Waals surface area contributed by atoms with Gasteiger partial charge in [0.1, 0.15) is 0 Å². The van der Waals surface area contributed by atoms with E-state index in [2.05, 4.69) is 4.72 Å². The molecule has 0 saturated carbocycles. The van der Waals surface area contributed by atoms with Gasteiger partial charge in [-0.3, -0.25) is 0 Å². The second-order valence-corrected chi connectivity index (χ2v) is 6.64. The topological polar surface area (TPSA) is 81.4 Å². The summed E-state index contributed by atoms with van der Waals surface area (Å²) in [7, 11) is -3.33. The number of sulfonamides is 1. The Morgan fingerprint density at radius 3 is 2.47 bits per heavy atom. The van der Waals surface area contributed by atoms with Crippen LogP contribution < -0.4 is 10.5 Å². The zero-order chi connectivity index (χ0) is 12.9. The number of hydrogen-bond acceptors (Lipinski definition) is 4. The van der Waals surface area contributed by atoms with E-state index in [9.17, 15) is 8.42 Å². The van der Waals surface area contributed by atoms with E-state index in [-0.39, 0.29) is 0 Å². The first-order chi connectivity index (χ1) is 7.99. The molecule has 6 heteroatoms. The first kappa shape index (κ1) is 14.9. The SMILES string of the molecule is CCC(CC)(CN)NS(=O)(=O)C1CCCOC1. The zero-order valence-electron chi connectivity index (χ0n) is 10.7. The molecule has 5 nitrogen and oxygen atoms in total. The van der Waals surface area contributed by atoms with Crippen LogP contribution in [0.15, 0.2) is 0 Å². The van der Waals surface area contributed by atoms with Crippen molar-refractivity contribution >= 4 is 10.0 Å². The van der Waals surface area contributed by atoms with Gasteiger partial charge in [0.15, 0.2) is 0 Å². The summed E-state index contributed by atoms with van der Waals surface area (Å²) in [6.07, 6.45) is 2.88. The molecule has 3 N–H and O–H groups in total. The highest BCUT2D eigenvalue weighted by Crippen LogP contribution is 2.20. The summed E-state index contributed by atoms with van der Waals surface area (Å²) in [5, 5.41) is -0.430. The summed E-state index contributed by atoms with van der Waals surface area (Å²) in [6, 6.07) is 0. The number of nitrogens with two attached hydrogens (primary N) is 1. The van der Waals surface area contributed by atoms with Gasteiger partial charge in [-0.05, 0) is 25.7 Å². The Kier molecular flexibility index (Phi) is 5.37. The molecule has 0 aliphatic carbocycles. The lowest BCUT2D eigenvalue weighted by Gasteiger charge is -2.33. The Bertz CT molecular complexity index is 311. The van der Waals surface area contributed by atoms with Crippen LogP contribution in [0.1, 0.15) is 39.5 Å². The normalized spacial score (nSPS) is 22.6. The van der Waals surface area contributed by atoms with E-state index in [1.807, 2.05) is 13.8 Å². The lowest BCUT2D eigenvalue weighted by molar-refractivity contribution is 0.0984. The van der Waals surface area contributed by atoms with Crippen LogP contribution in [0, 0.1) is 0 Å². The number of nitrogens with one attached hydrogen (secondary N) is 1. The first-order valence-electron chi connectivity index (χ1n) is 6.30. The fourth-order valence-electron chi connectivity index (χ4n) is 2.07. The van der Waals surface area contributed by atoms with Crippen LogP contribution >= 0.6 is 0 Å². The predicted molar refractivity (Wildman–Crippen MR) is 68.3 cm³/mol. The first-order valence-corrected chi connectivity index (χ1v) is 7.85. The molecule has 1 aliphatic heterocycles. The van der Waals surface area contributed by atoms with Crippen LogP contribution in [0.5, 0.6) is 0 Å². The zero-order valence-corrected chi connectivity index (χ0v) is 11.6. The van der Waals surface area contributed by atoms with Crippen molar-refractivity contribution in [2.45, 2.75) is 50.3 Å². The highest BCUT2D eigenvalue weighted by atomic mass is 32.2. The molecular weight excluding hydrogens is 240 g/mol. The van der Waals surface area contributed by atoms with Crippen LogP contribution in [-0.4, -0.2) is 39.0 Å². The molecule has 0 spiro atoms. The van der Waals surface area contributed by atoms with Gasteiger partial charge in [-0.1, -0.05) is 13.8 Å². The van der Waals surface area contributed by atoms with Crippen molar-refractivity contribution in [3.63, 3.8) is 0 Å². The molecule has 1 fully saturated rings. The van der Waals surface area contributed by atoms with Crippen molar-refractivity contribution in [1.82, 2.24) is 4.72 Å². The highest BCUT2D eigenvalue weighted by Gasteiger charge is 2.35. The minimum Gasteiger partial charge on any atom is -0.380 e. The molecular formula is C11H24N2O3S. The van der Waals surface area contributed by atoms with E-state index in [1.54, 1.807) is 0 Å². The highest BCUT2D eigenvalue weighted by molar-refractivity contribution is 7.90. The lowest BCUT2D eigenvalue weighted by atomic mass is 9.95. The Morgan fingerprint density at radius 2 is 2.06 bits per heavy atom. The maximum atomic E-state index is 12.2. The molecule has 17 heavy (non-hydrogen) atoms. The summed E-state index contributed by atoms with van der Waals surface area (Å²) in [5.41, 5.74) is 5.20. The fraction of sp³-hybridized carbons (Fsp3) is 1.00. The molecule has 1 rings (SSSR count). The Morgan fingerprint density at radius 1 is 1.41 bits per heavy atom. The van der Waals surface area contributed by atoms with Gasteiger partial charge in [-0.25, -0.2) is 13.1 Å². The van der Waals surface area contributed by atoms with Crippen LogP contribution in [0.2, 0.25) is 0 Å². The van der Waals surface area contributed by atoms with E-state index < -0.39 is 20.8 Å². The van der Waals surface area contributed by atoms with Gasteiger partial charge in [-0.2, -0.15) is 0 Å². The van der Waals surface area contributed by atoms with Crippen LogP contribution in [-0.2, 0) is 14.8 Å². The van der Waals surface area contributed by atoms with E-state index in [4.69, 9.17) is 10.5 Å². The van der Waals surface area contributed by atoms with E-state index in [1.165, 1.54) is 0 Å². The third kappa shape index (κ3) is 3.64. The van der Waals surface area contributed by atoms with Gasteiger partial charge >= 0.3 is 0 Å². The van der Waals surface area contributed by atoms with Gasteiger partial charge in [0.25, 0.3) is 0 Å². The smallest absolute Gasteiger partial charge is 0.217 e. The van der Waals surface area contributed by atoms with Crippen molar-refractivity contribution in [1.29, 1.82) is 0 Å². The van der Waals surface area contributed by atoms with Crippen molar-refractivity contribution in [2.75, 3.05) is 19.8 Å². The van der Waals surface area contributed by atoms with E-state index in [0.717, 1.165) is 6.42 Å². The van der Waals surface area contributed by atoms with E-state index >= 15 is 0 Å². The molecule has 0 aromatic carbocycles. The molecule has 0 radical (unpaired) electrons. The second-order valence-electron chi connectivity index (χ2n) is 4.68. The van der Waals surface area contributed by atoms with Crippen LogP contribution in [0.3, 0.4) is 0 Å². The lowest BCUT2D eigenvalue weighted by Crippen LogP contribution is -2.56. The molecule has 0 bridgehead atoms. The fourth-order valence-corrected chi connectivity index (χ4v) is 3.96. The minimum atomic E-state index is -3.33. The summed E-state index contributed by atoms with van der Waals surface area (Å²) >= 11 is 0. The third-order valence-electron chi connectivity index (χ3n) is 3.66. The summed E-state index contributed by atoms with van der Waals surface area (Å²) < 4.78 is 32.5. The molecule has 102 valence electrons. The molecule has 0 aromatic heterocycles. The van der Waals surface area contributed by atoms with Crippen molar-refractivity contribution in [2.24, 2.45) is 5.73 Å². The monoisotopic (exact) mass is 264 g/mol. The number of hydrogen-bond donors (Lipinski definition) is 2. The predicted octanol–water partition coefficient (Wildman–Crippen LogP) is 0.602. The second kappa shape index (κ2) is 6.13.